The summed E-state index contributed by atoms with van der Waals surface area (Å²) >= 11 is 1.51. The third kappa shape index (κ3) is 2.55. The highest BCUT2D eigenvalue weighted by molar-refractivity contribution is 7.99. The van der Waals surface area contributed by atoms with E-state index >= 15 is 0 Å². The number of anilines is 1. The molecule has 0 fully saturated rings. The van der Waals surface area contributed by atoms with E-state index in [0.717, 1.165) is 26.6 Å². The minimum atomic E-state index is 0.532. The second kappa shape index (κ2) is 5.76. The first kappa shape index (κ1) is 14.5. The predicted octanol–water partition coefficient (Wildman–Crippen LogP) is 3.02. The highest BCUT2D eigenvalue weighted by atomic mass is 32.2. The molecule has 2 heterocycles. The number of nitrogen functional groups attached to an aromatic ring is 1. The molecular formula is C15H16N4O2S. The number of rotatable bonds is 4. The van der Waals surface area contributed by atoms with E-state index in [-0.39, 0.29) is 0 Å². The maximum absolute atomic E-state index is 5.84. The van der Waals surface area contributed by atoms with Crippen molar-refractivity contribution in [3.05, 3.63) is 30.0 Å². The fraction of sp³-hybridized carbons (Fsp3) is 0.200. The Morgan fingerprint density at radius 3 is 2.64 bits per heavy atom. The zero-order chi connectivity index (χ0) is 15.7. The molecule has 3 rings (SSSR count). The third-order valence-electron chi connectivity index (χ3n) is 3.37. The monoisotopic (exact) mass is 316 g/mol. The molecule has 0 aliphatic rings. The number of methoxy groups -OCH3 is 2. The molecular weight excluding hydrogens is 300 g/mol. The van der Waals surface area contributed by atoms with Crippen LogP contribution in [0, 0.1) is 6.92 Å². The number of H-pyrrole nitrogens is 1. The molecule has 114 valence electrons. The van der Waals surface area contributed by atoms with Crippen LogP contribution < -0.4 is 15.2 Å². The van der Waals surface area contributed by atoms with Crippen LogP contribution in [0.25, 0.3) is 11.0 Å². The summed E-state index contributed by atoms with van der Waals surface area (Å²) in [5.41, 5.74) is 8.49. The molecule has 0 amide bonds. The molecule has 0 saturated carbocycles. The Hall–Kier alpha value is -2.41. The summed E-state index contributed by atoms with van der Waals surface area (Å²) in [7, 11) is 3.22. The molecule has 0 atom stereocenters. The third-order valence-corrected chi connectivity index (χ3v) is 4.41. The number of aromatic amines is 1. The smallest absolute Gasteiger partial charge is 0.171 e. The largest absolute Gasteiger partial charge is 0.493 e. The number of hydrogen-bond donors (Lipinski definition) is 2. The van der Waals surface area contributed by atoms with Gasteiger partial charge in [-0.3, -0.25) is 0 Å². The minimum Gasteiger partial charge on any atom is -0.493 e. The molecule has 1 aromatic carbocycles. The summed E-state index contributed by atoms with van der Waals surface area (Å²) in [6.07, 6.45) is 1.69. The number of benzene rings is 1. The van der Waals surface area contributed by atoms with Crippen LogP contribution in [0.4, 0.5) is 5.82 Å². The van der Waals surface area contributed by atoms with Crippen molar-refractivity contribution in [2.75, 3.05) is 20.0 Å². The van der Waals surface area contributed by atoms with Crippen LogP contribution in [0.3, 0.4) is 0 Å². The van der Waals surface area contributed by atoms with Gasteiger partial charge in [0, 0.05) is 28.8 Å². The summed E-state index contributed by atoms with van der Waals surface area (Å²) in [6, 6.07) is 5.65. The highest BCUT2D eigenvalue weighted by Crippen LogP contribution is 2.35. The molecule has 0 aliphatic heterocycles. The molecule has 22 heavy (non-hydrogen) atoms. The van der Waals surface area contributed by atoms with Crippen LogP contribution in [0.1, 0.15) is 5.56 Å². The normalized spacial score (nSPS) is 10.9. The number of nitrogens with two attached hydrogens (primary N) is 1. The van der Waals surface area contributed by atoms with Gasteiger partial charge >= 0.3 is 0 Å². The van der Waals surface area contributed by atoms with Crippen LogP contribution in [-0.4, -0.2) is 29.2 Å². The van der Waals surface area contributed by atoms with Crippen LogP contribution in [0.5, 0.6) is 11.5 Å². The van der Waals surface area contributed by atoms with Crippen molar-refractivity contribution < 1.29 is 9.47 Å². The fourth-order valence-electron chi connectivity index (χ4n) is 2.11. The fourth-order valence-corrected chi connectivity index (χ4v) is 3.01. The van der Waals surface area contributed by atoms with Crippen molar-refractivity contribution in [3.8, 4) is 11.5 Å². The molecule has 0 saturated heterocycles. The van der Waals surface area contributed by atoms with Crippen molar-refractivity contribution in [1.82, 2.24) is 15.0 Å². The van der Waals surface area contributed by atoms with Crippen LogP contribution in [0.2, 0.25) is 0 Å². The molecule has 3 N–H and O–H groups in total. The van der Waals surface area contributed by atoms with Gasteiger partial charge in [-0.1, -0.05) is 11.8 Å². The van der Waals surface area contributed by atoms with Crippen LogP contribution in [-0.2, 0) is 0 Å². The second-order valence-electron chi connectivity index (χ2n) is 4.69. The van der Waals surface area contributed by atoms with Gasteiger partial charge in [-0.25, -0.2) is 9.97 Å². The van der Waals surface area contributed by atoms with Gasteiger partial charge in [-0.05, 0) is 13.0 Å². The Morgan fingerprint density at radius 1 is 1.18 bits per heavy atom. The first-order valence-electron chi connectivity index (χ1n) is 6.63. The van der Waals surface area contributed by atoms with E-state index in [0.29, 0.717) is 17.3 Å². The lowest BCUT2D eigenvalue weighted by Crippen LogP contribution is -1.94. The number of ether oxygens (including phenoxy) is 2. The van der Waals surface area contributed by atoms with Crippen molar-refractivity contribution in [2.24, 2.45) is 0 Å². The van der Waals surface area contributed by atoms with E-state index < -0.39 is 0 Å². The van der Waals surface area contributed by atoms with Crippen LogP contribution >= 0.6 is 11.8 Å². The summed E-state index contributed by atoms with van der Waals surface area (Å²) in [4.78, 5) is 12.9. The number of hydrogen-bond acceptors (Lipinski definition) is 6. The van der Waals surface area contributed by atoms with Gasteiger partial charge in [0.25, 0.3) is 0 Å². The summed E-state index contributed by atoms with van der Waals surface area (Å²) in [6.45, 7) is 1.94. The van der Waals surface area contributed by atoms with Gasteiger partial charge in [0.2, 0.25) is 0 Å². The summed E-state index contributed by atoms with van der Waals surface area (Å²) in [5, 5.41) is 0.777. The lowest BCUT2D eigenvalue weighted by atomic mass is 10.3. The number of aromatic nitrogens is 3. The van der Waals surface area contributed by atoms with Crippen molar-refractivity contribution >= 4 is 28.6 Å². The van der Waals surface area contributed by atoms with Crippen molar-refractivity contribution in [2.45, 2.75) is 17.0 Å². The summed E-state index contributed by atoms with van der Waals surface area (Å²) in [5.74, 6) is 1.85. The SMILES string of the molecule is COc1cc2nc(Sc3ccnc(N)c3C)[nH]c2cc1OC. The first-order chi connectivity index (χ1) is 10.6. The van der Waals surface area contributed by atoms with E-state index in [1.165, 1.54) is 11.8 Å². The molecule has 0 bridgehead atoms. The van der Waals surface area contributed by atoms with E-state index in [9.17, 15) is 0 Å². The first-order valence-corrected chi connectivity index (χ1v) is 7.44. The van der Waals surface area contributed by atoms with E-state index in [1.807, 2.05) is 25.1 Å². The molecule has 0 unspecified atom stereocenters. The maximum atomic E-state index is 5.84. The average molecular weight is 316 g/mol. The predicted molar refractivity (Wildman–Crippen MR) is 86.7 cm³/mol. The van der Waals surface area contributed by atoms with E-state index in [1.54, 1.807) is 20.4 Å². The quantitative estimate of drug-likeness (QED) is 0.769. The van der Waals surface area contributed by atoms with Gasteiger partial charge in [-0.15, -0.1) is 0 Å². The number of imidazole rings is 1. The Morgan fingerprint density at radius 2 is 1.91 bits per heavy atom. The van der Waals surface area contributed by atoms with E-state index in [2.05, 4.69) is 15.0 Å². The van der Waals surface area contributed by atoms with Gasteiger partial charge in [0.1, 0.15) is 5.82 Å². The number of nitrogens with zero attached hydrogens (tertiary/aromatic N) is 2. The number of pyridine rings is 1. The van der Waals surface area contributed by atoms with Gasteiger partial charge < -0.3 is 20.2 Å². The number of fused-ring (bicyclic) bond motifs is 1. The molecule has 7 heteroatoms. The lowest BCUT2D eigenvalue weighted by Gasteiger charge is -2.06. The maximum Gasteiger partial charge on any atom is 0.171 e. The Labute approximate surface area is 132 Å². The second-order valence-corrected chi connectivity index (χ2v) is 5.72. The lowest BCUT2D eigenvalue weighted by molar-refractivity contribution is 0.356. The Kier molecular flexibility index (Phi) is 3.81. The van der Waals surface area contributed by atoms with Gasteiger partial charge in [0.05, 0.1) is 25.3 Å². The highest BCUT2D eigenvalue weighted by Gasteiger charge is 2.12. The molecule has 0 spiro atoms. The minimum absolute atomic E-state index is 0.532. The molecule has 0 aliphatic carbocycles. The van der Waals surface area contributed by atoms with Crippen LogP contribution in [0.15, 0.2) is 34.4 Å². The van der Waals surface area contributed by atoms with Gasteiger partial charge in [-0.2, -0.15) is 0 Å². The topological polar surface area (TPSA) is 86.0 Å². The zero-order valence-electron chi connectivity index (χ0n) is 12.5. The Balaban J connectivity index is 2.00. The van der Waals surface area contributed by atoms with E-state index in [4.69, 9.17) is 15.2 Å². The molecule has 2 aromatic heterocycles. The van der Waals surface area contributed by atoms with Crippen molar-refractivity contribution in [1.29, 1.82) is 0 Å². The molecule has 0 radical (unpaired) electrons. The standard InChI is InChI=1S/C15H16N4O2S/c1-8-13(4-5-17-14(8)16)22-15-18-9-6-11(20-2)12(21-3)7-10(9)19-15/h4-7H,1-3H3,(H2,16,17)(H,18,19). The Bertz CT molecular complexity index is 791. The number of nitrogens with one attached hydrogen (secondary N) is 1. The molecule has 3 aromatic rings. The van der Waals surface area contributed by atoms with Gasteiger partial charge in [0.15, 0.2) is 16.7 Å². The van der Waals surface area contributed by atoms with Crippen molar-refractivity contribution in [3.63, 3.8) is 0 Å². The summed E-state index contributed by atoms with van der Waals surface area (Å²) < 4.78 is 10.6. The average Bonchev–Trinajstić information content (AvgIpc) is 2.91. The molecule has 6 nitrogen and oxygen atoms in total. The zero-order valence-corrected chi connectivity index (χ0v) is 13.3.